The van der Waals surface area contributed by atoms with E-state index in [2.05, 4.69) is 29.1 Å². The molecule has 7 nitrogen and oxygen atoms in total. The Bertz CT molecular complexity index is 1410. The summed E-state index contributed by atoms with van der Waals surface area (Å²) in [7, 11) is 0. The van der Waals surface area contributed by atoms with E-state index in [4.69, 9.17) is 11.6 Å². The number of carbonyl (C=O) groups excluding carboxylic acids is 3. The van der Waals surface area contributed by atoms with Crippen LogP contribution in [0.1, 0.15) is 26.7 Å². The van der Waals surface area contributed by atoms with Gasteiger partial charge in [-0.3, -0.25) is 14.4 Å². The minimum absolute atomic E-state index is 0.0736. The Morgan fingerprint density at radius 2 is 1.68 bits per heavy atom. The minimum atomic E-state index is -0.890. The van der Waals surface area contributed by atoms with E-state index in [-0.39, 0.29) is 46.9 Å². The first kappa shape index (κ1) is 32.8. The number of halogens is 2. The van der Waals surface area contributed by atoms with Crippen LogP contribution in [0.5, 0.6) is 0 Å². The lowest BCUT2D eigenvalue weighted by molar-refractivity contribution is -0.143. The zero-order valence-corrected chi connectivity index (χ0v) is 28.2. The van der Waals surface area contributed by atoms with E-state index in [1.165, 1.54) is 0 Å². The number of rotatable bonds is 12. The second-order valence-electron chi connectivity index (χ2n) is 11.8. The monoisotopic (exact) mass is 699 g/mol. The Hall–Kier alpha value is -2.59. The van der Waals surface area contributed by atoms with Crippen LogP contribution in [0.25, 0.3) is 0 Å². The van der Waals surface area contributed by atoms with Gasteiger partial charge in [-0.1, -0.05) is 78.2 Å². The number of carbonyl (C=O) groups is 3. The highest BCUT2D eigenvalue weighted by molar-refractivity contribution is 9.09. The standard InChI is InChI=1S/C34H39BrClN3O4S/c1-5-17-37(23-11-9-8-10-12-23)31(41)27-28-32(42)39(26(20-40)21(4)7-3)30(34(28)19-25(35)29(27)44-34)33(43)38(18-6-2)24-15-13-22(36)14-16-24/h5-6,8-16,21,25-30,40H,1-2,7,17-20H2,3-4H3/t21-,25?,26-,27-,28-,29-,30?,34?/m0/s1. The number of likely N-dealkylation sites (tertiary alicyclic amines) is 1. The number of anilines is 2. The molecule has 3 aliphatic heterocycles. The number of amides is 3. The van der Waals surface area contributed by atoms with E-state index in [1.54, 1.807) is 62.9 Å². The molecule has 10 heteroatoms. The molecule has 0 radical (unpaired) electrons. The zero-order chi connectivity index (χ0) is 31.8. The van der Waals surface area contributed by atoms with Crippen LogP contribution in [-0.2, 0) is 14.4 Å². The summed E-state index contributed by atoms with van der Waals surface area (Å²) in [6.07, 6.45) is 4.60. The summed E-state index contributed by atoms with van der Waals surface area (Å²) in [6, 6.07) is 15.0. The third kappa shape index (κ3) is 5.44. The molecule has 1 spiro atoms. The first-order valence-electron chi connectivity index (χ1n) is 15.0. The highest BCUT2D eigenvalue weighted by atomic mass is 79.9. The Morgan fingerprint density at radius 1 is 1.09 bits per heavy atom. The van der Waals surface area contributed by atoms with Crippen LogP contribution in [0.15, 0.2) is 79.9 Å². The fraction of sp³-hybridized carbons (Fsp3) is 0.441. The summed E-state index contributed by atoms with van der Waals surface area (Å²) in [5.41, 5.74) is 1.37. The molecule has 8 atom stereocenters. The average molecular weight is 701 g/mol. The third-order valence-corrected chi connectivity index (χ3v) is 12.9. The third-order valence-electron chi connectivity index (χ3n) is 9.45. The van der Waals surface area contributed by atoms with Crippen LogP contribution < -0.4 is 9.80 Å². The van der Waals surface area contributed by atoms with E-state index in [1.807, 2.05) is 44.2 Å². The lowest BCUT2D eigenvalue weighted by Crippen LogP contribution is -2.59. The molecule has 0 saturated carbocycles. The zero-order valence-electron chi connectivity index (χ0n) is 25.0. The highest BCUT2D eigenvalue weighted by Crippen LogP contribution is 2.68. The molecule has 44 heavy (non-hydrogen) atoms. The van der Waals surface area contributed by atoms with Gasteiger partial charge < -0.3 is 19.8 Å². The fourth-order valence-electron chi connectivity index (χ4n) is 7.26. The Balaban J connectivity index is 1.64. The summed E-state index contributed by atoms with van der Waals surface area (Å²) >= 11 is 11.6. The maximum Gasteiger partial charge on any atom is 0.251 e. The quantitative estimate of drug-likeness (QED) is 0.219. The number of thioether (sulfide) groups is 1. The van der Waals surface area contributed by atoms with Crippen LogP contribution in [0.2, 0.25) is 5.02 Å². The maximum atomic E-state index is 14.9. The van der Waals surface area contributed by atoms with Gasteiger partial charge >= 0.3 is 0 Å². The fourth-order valence-corrected chi connectivity index (χ4v) is 11.0. The van der Waals surface area contributed by atoms with Crippen molar-refractivity contribution in [3.8, 4) is 0 Å². The molecule has 3 aliphatic rings. The Labute approximate surface area is 277 Å². The number of para-hydroxylation sites is 1. The molecule has 3 unspecified atom stereocenters. The Morgan fingerprint density at radius 3 is 2.25 bits per heavy atom. The molecule has 0 aromatic heterocycles. The average Bonchev–Trinajstić information content (AvgIpc) is 3.62. The number of aliphatic hydroxyl groups excluding tert-OH is 1. The van der Waals surface area contributed by atoms with Crippen LogP contribution in [0.4, 0.5) is 11.4 Å². The molecular weight excluding hydrogens is 662 g/mol. The molecule has 3 saturated heterocycles. The summed E-state index contributed by atoms with van der Waals surface area (Å²) in [4.78, 5) is 49.1. The molecule has 3 heterocycles. The number of aliphatic hydroxyl groups is 1. The molecule has 3 fully saturated rings. The molecule has 2 aromatic carbocycles. The van der Waals surface area contributed by atoms with Crippen molar-refractivity contribution < 1.29 is 19.5 Å². The first-order chi connectivity index (χ1) is 21.1. The van der Waals surface area contributed by atoms with Crippen molar-refractivity contribution in [2.24, 2.45) is 17.8 Å². The van der Waals surface area contributed by atoms with Crippen molar-refractivity contribution in [3.05, 3.63) is 84.9 Å². The van der Waals surface area contributed by atoms with Crippen LogP contribution in [0, 0.1) is 17.8 Å². The number of hydrogen-bond donors (Lipinski definition) is 1. The largest absolute Gasteiger partial charge is 0.394 e. The van der Waals surface area contributed by atoms with Crippen LogP contribution >= 0.6 is 39.3 Å². The normalized spacial score (nSPS) is 28.3. The van der Waals surface area contributed by atoms with E-state index in [9.17, 15) is 19.5 Å². The van der Waals surface area contributed by atoms with E-state index in [0.29, 0.717) is 30.1 Å². The summed E-state index contributed by atoms with van der Waals surface area (Å²) in [6.45, 7) is 12.0. The molecule has 1 N–H and O–H groups in total. The summed E-state index contributed by atoms with van der Waals surface area (Å²) < 4.78 is -0.864. The Kier molecular flexibility index (Phi) is 10.00. The van der Waals surface area contributed by atoms with Gasteiger partial charge in [0.25, 0.3) is 5.91 Å². The lowest BCUT2D eigenvalue weighted by Gasteiger charge is -2.41. The highest BCUT2D eigenvalue weighted by Gasteiger charge is 2.76. The number of hydrogen-bond acceptors (Lipinski definition) is 5. The number of benzene rings is 2. The molecule has 2 bridgehead atoms. The minimum Gasteiger partial charge on any atom is -0.394 e. The van der Waals surface area contributed by atoms with Gasteiger partial charge in [-0.2, -0.15) is 0 Å². The van der Waals surface area contributed by atoms with Crippen molar-refractivity contribution in [3.63, 3.8) is 0 Å². The maximum absolute atomic E-state index is 14.9. The van der Waals surface area contributed by atoms with Crippen LogP contribution in [-0.4, -0.2) is 74.3 Å². The second-order valence-corrected chi connectivity index (χ2v) is 15.0. The van der Waals surface area contributed by atoms with Crippen LogP contribution in [0.3, 0.4) is 0 Å². The summed E-state index contributed by atoms with van der Waals surface area (Å²) in [5.74, 6) is -2.11. The number of alkyl halides is 1. The van der Waals surface area contributed by atoms with E-state index < -0.39 is 28.7 Å². The van der Waals surface area contributed by atoms with Crippen molar-refractivity contribution in [1.82, 2.24) is 4.90 Å². The molecule has 2 aromatic rings. The predicted octanol–water partition coefficient (Wildman–Crippen LogP) is 5.95. The first-order valence-corrected chi connectivity index (χ1v) is 17.2. The second kappa shape index (κ2) is 13.4. The van der Waals surface area contributed by atoms with Crippen molar-refractivity contribution in [2.75, 3.05) is 29.5 Å². The van der Waals surface area contributed by atoms with Gasteiger partial charge in [0.2, 0.25) is 11.8 Å². The molecule has 0 aliphatic carbocycles. The molecular formula is C34H39BrClN3O4S. The lowest BCUT2D eigenvalue weighted by atomic mass is 9.70. The van der Waals surface area contributed by atoms with Crippen molar-refractivity contribution in [2.45, 2.75) is 53.6 Å². The van der Waals surface area contributed by atoms with Gasteiger partial charge in [0.15, 0.2) is 0 Å². The summed E-state index contributed by atoms with van der Waals surface area (Å²) in [5, 5.41) is 11.0. The SMILES string of the molecule is C=CCN(C(=O)C1N([C@@H](CO)[C@@H](C)CC)C(=O)[C@@H]2[C@H](C(=O)N(CC=C)c3ccccc3)[C@H]3SC12CC3Br)c1ccc(Cl)cc1. The van der Waals surface area contributed by atoms with Crippen molar-refractivity contribution >= 4 is 68.4 Å². The van der Waals surface area contributed by atoms with Gasteiger partial charge in [0.1, 0.15) is 6.04 Å². The van der Waals surface area contributed by atoms with E-state index >= 15 is 0 Å². The van der Waals surface area contributed by atoms with Gasteiger partial charge in [0.05, 0.1) is 29.2 Å². The van der Waals surface area contributed by atoms with Gasteiger partial charge in [-0.05, 0) is 48.7 Å². The van der Waals surface area contributed by atoms with E-state index in [0.717, 1.165) is 5.69 Å². The number of nitrogens with zero attached hydrogens (tertiary/aromatic N) is 3. The van der Waals surface area contributed by atoms with Gasteiger partial charge in [-0.25, -0.2) is 0 Å². The van der Waals surface area contributed by atoms with Gasteiger partial charge in [-0.15, -0.1) is 24.9 Å². The molecule has 234 valence electrons. The van der Waals surface area contributed by atoms with Gasteiger partial charge in [0, 0.05) is 39.6 Å². The number of fused-ring (bicyclic) bond motifs is 1. The molecule has 3 amide bonds. The van der Waals surface area contributed by atoms with Crippen molar-refractivity contribution in [1.29, 1.82) is 0 Å². The predicted molar refractivity (Wildman–Crippen MR) is 182 cm³/mol. The smallest absolute Gasteiger partial charge is 0.251 e. The molecule has 5 rings (SSSR count). The topological polar surface area (TPSA) is 81.2 Å².